The largest absolute Gasteiger partial charge is 0.387 e. The van der Waals surface area contributed by atoms with Crippen LogP contribution in [0.5, 0.6) is 0 Å². The predicted octanol–water partition coefficient (Wildman–Crippen LogP) is 4.48. The predicted molar refractivity (Wildman–Crippen MR) is 110 cm³/mol. The number of benzene rings is 2. The van der Waals surface area contributed by atoms with E-state index in [-0.39, 0.29) is 6.04 Å². The van der Waals surface area contributed by atoms with Crippen LogP contribution >= 0.6 is 0 Å². The first-order valence-electron chi connectivity index (χ1n) is 10.0. The third kappa shape index (κ3) is 4.86. The van der Waals surface area contributed by atoms with Gasteiger partial charge >= 0.3 is 0 Å². The molecule has 27 heavy (non-hydrogen) atoms. The molecule has 3 heteroatoms. The molecule has 1 aliphatic rings. The van der Waals surface area contributed by atoms with Crippen molar-refractivity contribution in [3.8, 4) is 0 Å². The Morgan fingerprint density at radius 3 is 2.30 bits per heavy atom. The molecule has 144 valence electrons. The summed E-state index contributed by atoms with van der Waals surface area (Å²) >= 11 is 0. The summed E-state index contributed by atoms with van der Waals surface area (Å²) in [5.41, 5.74) is 2.06. The molecule has 0 fully saturated rings. The van der Waals surface area contributed by atoms with E-state index in [0.717, 1.165) is 36.0 Å². The summed E-state index contributed by atoms with van der Waals surface area (Å²) in [4.78, 5) is 0. The second kappa shape index (κ2) is 9.32. The first kappa shape index (κ1) is 19.8. The Balaban J connectivity index is 1.67. The summed E-state index contributed by atoms with van der Waals surface area (Å²) < 4.78 is 0. The molecule has 3 unspecified atom stereocenters. The van der Waals surface area contributed by atoms with Gasteiger partial charge in [-0.2, -0.15) is 0 Å². The van der Waals surface area contributed by atoms with Gasteiger partial charge in [0.2, 0.25) is 0 Å². The van der Waals surface area contributed by atoms with E-state index in [4.69, 9.17) is 0 Å². The normalized spacial score (nSPS) is 19.0. The van der Waals surface area contributed by atoms with E-state index in [1.165, 1.54) is 6.42 Å². The zero-order chi connectivity index (χ0) is 19.1. The van der Waals surface area contributed by atoms with E-state index in [9.17, 15) is 10.2 Å². The highest BCUT2D eigenvalue weighted by molar-refractivity contribution is 5.33. The molecule has 3 atom stereocenters. The fourth-order valence-corrected chi connectivity index (χ4v) is 3.95. The van der Waals surface area contributed by atoms with Crippen LogP contribution in [0.2, 0.25) is 0 Å². The second-order valence-corrected chi connectivity index (χ2v) is 7.55. The van der Waals surface area contributed by atoms with Gasteiger partial charge in [-0.15, -0.1) is 0 Å². The molecule has 0 saturated heterocycles. The molecule has 2 aromatic rings. The summed E-state index contributed by atoms with van der Waals surface area (Å²) in [7, 11) is 0. The van der Waals surface area contributed by atoms with E-state index >= 15 is 0 Å². The van der Waals surface area contributed by atoms with E-state index < -0.39 is 11.7 Å². The van der Waals surface area contributed by atoms with Crippen molar-refractivity contribution in [2.75, 3.05) is 6.54 Å². The number of nitrogens with one attached hydrogen (secondary N) is 1. The minimum Gasteiger partial charge on any atom is -0.387 e. The Labute approximate surface area is 162 Å². The average molecular weight is 366 g/mol. The molecule has 0 spiro atoms. The Hall–Kier alpha value is -1.94. The van der Waals surface area contributed by atoms with Gasteiger partial charge in [-0.1, -0.05) is 66.7 Å². The van der Waals surface area contributed by atoms with Crippen LogP contribution in [0, 0.1) is 0 Å². The molecular weight excluding hydrogens is 334 g/mol. The standard InChI is InChI=1S/C24H31NO2/c1-19(23(26)20-11-5-2-6-12-20)25-18-17-24(27,21-13-7-3-8-14-21)22-15-9-4-10-16-22/h2-3,5-8,11-15,19,23,25-27H,4,9-10,16-18H2,1H3. The quantitative estimate of drug-likeness (QED) is 0.605. The monoisotopic (exact) mass is 365 g/mol. The maximum Gasteiger partial charge on any atom is 0.112 e. The highest BCUT2D eigenvalue weighted by Crippen LogP contribution is 2.38. The van der Waals surface area contributed by atoms with Crippen LogP contribution in [0.15, 0.2) is 72.3 Å². The summed E-state index contributed by atoms with van der Waals surface area (Å²) in [6, 6.07) is 19.6. The summed E-state index contributed by atoms with van der Waals surface area (Å²) in [5, 5.41) is 25.6. The fourth-order valence-electron chi connectivity index (χ4n) is 3.95. The molecular formula is C24H31NO2. The van der Waals surface area contributed by atoms with Crippen LogP contribution in [-0.4, -0.2) is 22.8 Å². The first-order valence-corrected chi connectivity index (χ1v) is 10.0. The lowest BCUT2D eigenvalue weighted by atomic mass is 9.78. The maximum absolute atomic E-state index is 11.6. The topological polar surface area (TPSA) is 52.5 Å². The zero-order valence-corrected chi connectivity index (χ0v) is 16.1. The molecule has 1 aliphatic carbocycles. The molecule has 3 rings (SSSR count). The third-order valence-corrected chi connectivity index (χ3v) is 5.64. The minimum atomic E-state index is -0.938. The summed E-state index contributed by atoms with van der Waals surface area (Å²) in [6.45, 7) is 2.62. The molecule has 0 heterocycles. The van der Waals surface area contributed by atoms with Gasteiger partial charge in [0.25, 0.3) is 0 Å². The van der Waals surface area contributed by atoms with Gasteiger partial charge in [-0.25, -0.2) is 0 Å². The average Bonchev–Trinajstić information content (AvgIpc) is 2.75. The molecule has 3 nitrogen and oxygen atoms in total. The molecule has 0 saturated carbocycles. The molecule has 0 aliphatic heterocycles. The first-order chi connectivity index (χ1) is 13.1. The van der Waals surface area contributed by atoms with Gasteiger partial charge in [0.1, 0.15) is 5.60 Å². The van der Waals surface area contributed by atoms with Crippen molar-refractivity contribution >= 4 is 0 Å². The summed E-state index contributed by atoms with van der Waals surface area (Å²) in [6.07, 6.45) is 6.58. The van der Waals surface area contributed by atoms with Crippen LogP contribution in [0.25, 0.3) is 0 Å². The molecule has 0 aromatic heterocycles. The number of rotatable bonds is 8. The van der Waals surface area contributed by atoms with Crippen molar-refractivity contribution in [2.45, 2.75) is 56.8 Å². The van der Waals surface area contributed by atoms with E-state index in [2.05, 4.69) is 11.4 Å². The number of hydrogen-bond donors (Lipinski definition) is 3. The lowest BCUT2D eigenvalue weighted by molar-refractivity contribution is 0.0571. The van der Waals surface area contributed by atoms with Crippen molar-refractivity contribution in [1.29, 1.82) is 0 Å². The van der Waals surface area contributed by atoms with Gasteiger partial charge in [-0.05, 0) is 62.3 Å². The van der Waals surface area contributed by atoms with Gasteiger partial charge in [0.15, 0.2) is 0 Å². The highest BCUT2D eigenvalue weighted by atomic mass is 16.3. The van der Waals surface area contributed by atoms with Crippen LogP contribution in [0.3, 0.4) is 0 Å². The van der Waals surface area contributed by atoms with Gasteiger partial charge in [0.05, 0.1) is 6.10 Å². The molecule has 0 amide bonds. The maximum atomic E-state index is 11.6. The fraction of sp³-hybridized carbons (Fsp3) is 0.417. The number of hydrogen-bond acceptors (Lipinski definition) is 3. The lowest BCUT2D eigenvalue weighted by Gasteiger charge is -2.34. The summed E-state index contributed by atoms with van der Waals surface area (Å²) in [5.74, 6) is 0. The minimum absolute atomic E-state index is 0.0900. The highest BCUT2D eigenvalue weighted by Gasteiger charge is 2.33. The van der Waals surface area contributed by atoms with Crippen LogP contribution in [0.4, 0.5) is 0 Å². The van der Waals surface area contributed by atoms with Gasteiger partial charge < -0.3 is 15.5 Å². The van der Waals surface area contributed by atoms with Crippen molar-refractivity contribution in [1.82, 2.24) is 5.32 Å². The van der Waals surface area contributed by atoms with Crippen molar-refractivity contribution in [2.24, 2.45) is 0 Å². The van der Waals surface area contributed by atoms with Crippen LogP contribution in [-0.2, 0) is 5.60 Å². The van der Waals surface area contributed by atoms with Gasteiger partial charge in [-0.3, -0.25) is 0 Å². The Morgan fingerprint density at radius 1 is 1.00 bits per heavy atom. The SMILES string of the molecule is CC(NCCC(O)(C1=CCCCC1)c1ccccc1)C(O)c1ccccc1. The Morgan fingerprint density at radius 2 is 1.67 bits per heavy atom. The molecule has 3 N–H and O–H groups in total. The number of aliphatic hydroxyl groups is 2. The Bertz CT molecular complexity index is 729. The van der Waals surface area contributed by atoms with Crippen molar-refractivity contribution < 1.29 is 10.2 Å². The smallest absolute Gasteiger partial charge is 0.112 e. The lowest BCUT2D eigenvalue weighted by Crippen LogP contribution is -2.38. The zero-order valence-electron chi connectivity index (χ0n) is 16.1. The van der Waals surface area contributed by atoms with Crippen LogP contribution in [0.1, 0.15) is 56.3 Å². The van der Waals surface area contributed by atoms with Crippen molar-refractivity contribution in [3.63, 3.8) is 0 Å². The number of allylic oxidation sites excluding steroid dienone is 1. The molecule has 0 bridgehead atoms. The van der Waals surface area contributed by atoms with Gasteiger partial charge in [0, 0.05) is 6.04 Å². The Kier molecular flexibility index (Phi) is 6.84. The van der Waals surface area contributed by atoms with Crippen molar-refractivity contribution in [3.05, 3.63) is 83.4 Å². The van der Waals surface area contributed by atoms with Crippen LogP contribution < -0.4 is 5.32 Å². The molecule has 0 radical (unpaired) electrons. The van der Waals surface area contributed by atoms with E-state index in [0.29, 0.717) is 13.0 Å². The molecule has 2 aromatic carbocycles. The van der Waals surface area contributed by atoms with E-state index in [1.807, 2.05) is 67.6 Å². The third-order valence-electron chi connectivity index (χ3n) is 5.64. The number of aliphatic hydroxyl groups excluding tert-OH is 1. The van der Waals surface area contributed by atoms with E-state index in [1.54, 1.807) is 0 Å². The second-order valence-electron chi connectivity index (χ2n) is 7.55.